The van der Waals surface area contributed by atoms with E-state index < -0.39 is 0 Å². The van der Waals surface area contributed by atoms with E-state index in [4.69, 9.17) is 0 Å². The lowest BCUT2D eigenvalue weighted by Crippen LogP contribution is -2.42. The van der Waals surface area contributed by atoms with E-state index in [0.29, 0.717) is 5.75 Å². The summed E-state index contributed by atoms with van der Waals surface area (Å²) in [4.78, 5) is 3.86. The van der Waals surface area contributed by atoms with E-state index in [-0.39, 0.29) is 0 Å². The van der Waals surface area contributed by atoms with Crippen LogP contribution < -0.4 is 5.32 Å². The third-order valence-electron chi connectivity index (χ3n) is 3.14. The van der Waals surface area contributed by atoms with Crippen molar-refractivity contribution in [3.05, 3.63) is 29.1 Å². The molecule has 4 heteroatoms. The lowest BCUT2D eigenvalue weighted by molar-refractivity contribution is 0.235. The Morgan fingerprint density at radius 2 is 2.06 bits per heavy atom. The number of hydrogen-bond acceptors (Lipinski definition) is 4. The van der Waals surface area contributed by atoms with Crippen molar-refractivity contribution in [1.82, 2.24) is 10.2 Å². The summed E-state index contributed by atoms with van der Waals surface area (Å²) in [6.07, 6.45) is 0. The van der Waals surface area contributed by atoms with Gasteiger partial charge < -0.3 is 10.4 Å². The molecule has 1 fully saturated rings. The fraction of sp³-hybridized carbons (Fsp3) is 0.385. The maximum absolute atomic E-state index is 9.45. The minimum atomic E-state index is 0.351. The van der Waals surface area contributed by atoms with Gasteiger partial charge in [0.2, 0.25) is 0 Å². The molecule has 0 bridgehead atoms. The Labute approximate surface area is 105 Å². The molecule has 0 saturated carbocycles. The lowest BCUT2D eigenvalue weighted by atomic mass is 10.2. The van der Waals surface area contributed by atoms with Gasteiger partial charge in [0.25, 0.3) is 0 Å². The first kappa shape index (κ1) is 11.0. The van der Waals surface area contributed by atoms with Crippen LogP contribution in [0.2, 0.25) is 0 Å². The molecule has 1 aromatic heterocycles. The Balaban J connectivity index is 1.80. The molecule has 1 aliphatic heterocycles. The molecule has 2 heterocycles. The number of aromatic hydroxyl groups is 1. The maximum atomic E-state index is 9.45. The average Bonchev–Trinajstić information content (AvgIpc) is 2.71. The fourth-order valence-electron chi connectivity index (χ4n) is 2.25. The van der Waals surface area contributed by atoms with Crippen molar-refractivity contribution in [3.8, 4) is 5.75 Å². The molecular weight excluding hydrogens is 232 g/mol. The van der Waals surface area contributed by atoms with E-state index in [1.165, 1.54) is 9.58 Å². The van der Waals surface area contributed by atoms with Gasteiger partial charge in [-0.25, -0.2) is 0 Å². The van der Waals surface area contributed by atoms with Crippen LogP contribution in [-0.4, -0.2) is 36.2 Å². The number of phenolic OH excluding ortho intramolecular Hbond substituents is 1. The molecule has 0 aliphatic carbocycles. The van der Waals surface area contributed by atoms with Crippen LogP contribution in [0.25, 0.3) is 10.1 Å². The summed E-state index contributed by atoms with van der Waals surface area (Å²) in [6, 6.07) is 7.79. The molecule has 17 heavy (non-hydrogen) atoms. The summed E-state index contributed by atoms with van der Waals surface area (Å²) in [5, 5.41) is 14.0. The van der Waals surface area contributed by atoms with Gasteiger partial charge in [-0.15, -0.1) is 11.3 Å². The molecule has 1 aliphatic rings. The minimum absolute atomic E-state index is 0.351. The SMILES string of the molecule is Oc1ccc2sc(CN3CCNCC3)cc2c1. The Morgan fingerprint density at radius 1 is 1.24 bits per heavy atom. The second-order valence-corrected chi connectivity index (χ2v) is 5.63. The Hall–Kier alpha value is -1.10. The number of hydrogen-bond donors (Lipinski definition) is 2. The summed E-state index contributed by atoms with van der Waals surface area (Å²) in [5.74, 6) is 0.351. The van der Waals surface area contributed by atoms with E-state index >= 15 is 0 Å². The Bertz CT molecular complexity index is 517. The largest absolute Gasteiger partial charge is 0.508 e. The normalized spacial score (nSPS) is 17.6. The zero-order chi connectivity index (χ0) is 11.7. The maximum Gasteiger partial charge on any atom is 0.116 e. The van der Waals surface area contributed by atoms with Gasteiger partial charge in [-0.1, -0.05) is 0 Å². The second kappa shape index (κ2) is 4.64. The molecule has 3 nitrogen and oxygen atoms in total. The van der Waals surface area contributed by atoms with E-state index in [9.17, 15) is 5.11 Å². The van der Waals surface area contributed by atoms with Gasteiger partial charge in [-0.3, -0.25) is 4.90 Å². The van der Waals surface area contributed by atoms with E-state index in [2.05, 4.69) is 16.3 Å². The molecule has 0 atom stereocenters. The van der Waals surface area contributed by atoms with E-state index in [0.717, 1.165) is 38.1 Å². The van der Waals surface area contributed by atoms with Gasteiger partial charge >= 0.3 is 0 Å². The van der Waals surface area contributed by atoms with E-state index in [1.54, 1.807) is 6.07 Å². The highest BCUT2D eigenvalue weighted by Gasteiger charge is 2.11. The molecule has 0 amide bonds. The topological polar surface area (TPSA) is 35.5 Å². The smallest absolute Gasteiger partial charge is 0.116 e. The van der Waals surface area contributed by atoms with Crippen molar-refractivity contribution in [3.63, 3.8) is 0 Å². The zero-order valence-corrected chi connectivity index (χ0v) is 10.5. The summed E-state index contributed by atoms with van der Waals surface area (Å²) in [7, 11) is 0. The number of rotatable bonds is 2. The third-order valence-corrected chi connectivity index (χ3v) is 4.24. The summed E-state index contributed by atoms with van der Waals surface area (Å²) in [6.45, 7) is 5.46. The lowest BCUT2D eigenvalue weighted by Gasteiger charge is -2.26. The molecule has 2 aromatic rings. The van der Waals surface area contributed by atoms with Crippen molar-refractivity contribution in [1.29, 1.82) is 0 Å². The highest BCUT2D eigenvalue weighted by molar-refractivity contribution is 7.19. The van der Waals surface area contributed by atoms with Crippen LogP contribution in [0.3, 0.4) is 0 Å². The predicted molar refractivity (Wildman–Crippen MR) is 71.6 cm³/mol. The number of benzene rings is 1. The standard InChI is InChI=1S/C13H16N2OS/c16-11-1-2-13-10(7-11)8-12(17-13)9-15-5-3-14-4-6-15/h1-2,7-8,14,16H,3-6,9H2. The monoisotopic (exact) mass is 248 g/mol. The van der Waals surface area contributed by atoms with Crippen LogP contribution in [0.15, 0.2) is 24.3 Å². The highest BCUT2D eigenvalue weighted by Crippen LogP contribution is 2.29. The quantitative estimate of drug-likeness (QED) is 0.853. The number of fused-ring (bicyclic) bond motifs is 1. The Morgan fingerprint density at radius 3 is 2.88 bits per heavy atom. The van der Waals surface area contributed by atoms with Gasteiger partial charge in [0.15, 0.2) is 0 Å². The first-order valence-corrected chi connectivity index (χ1v) is 6.77. The average molecular weight is 248 g/mol. The van der Waals surface area contributed by atoms with Crippen molar-refractivity contribution < 1.29 is 5.11 Å². The van der Waals surface area contributed by atoms with Crippen molar-refractivity contribution in [2.75, 3.05) is 26.2 Å². The van der Waals surface area contributed by atoms with Crippen molar-refractivity contribution >= 4 is 21.4 Å². The van der Waals surface area contributed by atoms with Gasteiger partial charge in [0.1, 0.15) is 5.75 Å². The number of phenols is 1. The van der Waals surface area contributed by atoms with Crippen LogP contribution >= 0.6 is 11.3 Å². The zero-order valence-electron chi connectivity index (χ0n) is 9.65. The fourth-order valence-corrected chi connectivity index (χ4v) is 3.34. The number of piperazine rings is 1. The molecular formula is C13H16N2OS. The van der Waals surface area contributed by atoms with Crippen LogP contribution in [0, 0.1) is 0 Å². The molecule has 1 saturated heterocycles. The summed E-state index contributed by atoms with van der Waals surface area (Å²) < 4.78 is 1.26. The van der Waals surface area contributed by atoms with Crippen molar-refractivity contribution in [2.45, 2.75) is 6.54 Å². The van der Waals surface area contributed by atoms with Gasteiger partial charge in [0.05, 0.1) is 0 Å². The van der Waals surface area contributed by atoms with Gasteiger partial charge in [-0.05, 0) is 29.7 Å². The number of nitrogens with zero attached hydrogens (tertiary/aromatic N) is 1. The van der Waals surface area contributed by atoms with Crippen molar-refractivity contribution in [2.24, 2.45) is 0 Å². The number of nitrogens with one attached hydrogen (secondary N) is 1. The predicted octanol–water partition coefficient (Wildman–Crippen LogP) is 2.01. The highest BCUT2D eigenvalue weighted by atomic mass is 32.1. The summed E-state index contributed by atoms with van der Waals surface area (Å²) >= 11 is 1.83. The van der Waals surface area contributed by atoms with Crippen LogP contribution in [0.1, 0.15) is 4.88 Å². The summed E-state index contributed by atoms with van der Waals surface area (Å²) in [5.41, 5.74) is 0. The molecule has 0 unspecified atom stereocenters. The Kier molecular flexibility index (Phi) is 3.01. The van der Waals surface area contributed by atoms with Crippen LogP contribution in [0.5, 0.6) is 5.75 Å². The first-order chi connectivity index (χ1) is 8.31. The molecule has 0 spiro atoms. The van der Waals surface area contributed by atoms with E-state index in [1.807, 2.05) is 23.5 Å². The molecule has 90 valence electrons. The van der Waals surface area contributed by atoms with Crippen LogP contribution in [-0.2, 0) is 6.54 Å². The molecule has 3 rings (SSSR count). The number of thiophene rings is 1. The molecule has 0 radical (unpaired) electrons. The van der Waals surface area contributed by atoms with Gasteiger partial charge in [0, 0.05) is 42.3 Å². The third kappa shape index (κ3) is 2.44. The van der Waals surface area contributed by atoms with Crippen LogP contribution in [0.4, 0.5) is 0 Å². The van der Waals surface area contributed by atoms with Gasteiger partial charge in [-0.2, -0.15) is 0 Å². The second-order valence-electron chi connectivity index (χ2n) is 4.46. The first-order valence-electron chi connectivity index (χ1n) is 5.96. The minimum Gasteiger partial charge on any atom is -0.508 e. The molecule has 1 aromatic carbocycles. The molecule has 2 N–H and O–H groups in total.